The van der Waals surface area contributed by atoms with Gasteiger partial charge in [0.05, 0.1) is 19.1 Å². The second kappa shape index (κ2) is 5.29. The summed E-state index contributed by atoms with van der Waals surface area (Å²) in [6, 6.07) is 0.00243. The van der Waals surface area contributed by atoms with Gasteiger partial charge in [0.1, 0.15) is 0 Å². The molecule has 5 heteroatoms. The van der Waals surface area contributed by atoms with E-state index in [0.29, 0.717) is 13.2 Å². The quantitative estimate of drug-likeness (QED) is 0.643. The number of rotatable bonds is 4. The van der Waals surface area contributed by atoms with Crippen molar-refractivity contribution in [2.24, 2.45) is 5.73 Å². The van der Waals surface area contributed by atoms with Crippen LogP contribution in [0.3, 0.4) is 0 Å². The number of nitrogens with zero attached hydrogens (tertiary/aromatic N) is 1. The molecule has 2 unspecified atom stereocenters. The molecule has 2 atom stereocenters. The molecule has 1 aliphatic heterocycles. The minimum absolute atomic E-state index is 0.00243. The van der Waals surface area contributed by atoms with E-state index in [1.54, 1.807) is 0 Å². The predicted octanol–water partition coefficient (Wildman–Crippen LogP) is -0.491. The van der Waals surface area contributed by atoms with Crippen molar-refractivity contribution in [2.75, 3.05) is 26.2 Å². The normalized spacial score (nSPS) is 26.0. The molecule has 1 rings (SSSR count). The van der Waals surface area contributed by atoms with Crippen LogP contribution < -0.4 is 5.73 Å². The monoisotopic (exact) mass is 202 g/mol. The SMILES string of the molecule is CC(N)C1CN(CCC(=O)O)CCO1. The maximum absolute atomic E-state index is 10.4. The Bertz CT molecular complexity index is 196. The molecule has 0 amide bonds. The highest BCUT2D eigenvalue weighted by atomic mass is 16.5. The summed E-state index contributed by atoms with van der Waals surface area (Å²) in [7, 11) is 0. The summed E-state index contributed by atoms with van der Waals surface area (Å²) in [4.78, 5) is 12.5. The van der Waals surface area contributed by atoms with E-state index >= 15 is 0 Å². The van der Waals surface area contributed by atoms with Gasteiger partial charge in [-0.2, -0.15) is 0 Å². The summed E-state index contributed by atoms with van der Waals surface area (Å²) in [6.45, 7) is 4.68. The van der Waals surface area contributed by atoms with Gasteiger partial charge in [0, 0.05) is 25.7 Å². The van der Waals surface area contributed by atoms with Crippen molar-refractivity contribution in [3.05, 3.63) is 0 Å². The molecule has 0 spiro atoms. The van der Waals surface area contributed by atoms with Crippen molar-refractivity contribution in [1.82, 2.24) is 4.90 Å². The number of carbonyl (C=O) groups is 1. The molecule has 0 aromatic carbocycles. The van der Waals surface area contributed by atoms with Gasteiger partial charge < -0.3 is 15.6 Å². The van der Waals surface area contributed by atoms with E-state index in [0.717, 1.165) is 13.1 Å². The summed E-state index contributed by atoms with van der Waals surface area (Å²) >= 11 is 0. The third-order valence-corrected chi connectivity index (χ3v) is 2.41. The average Bonchev–Trinajstić information content (AvgIpc) is 2.15. The second-order valence-corrected chi connectivity index (χ2v) is 3.71. The van der Waals surface area contributed by atoms with Gasteiger partial charge in [-0.15, -0.1) is 0 Å². The van der Waals surface area contributed by atoms with E-state index in [2.05, 4.69) is 4.90 Å². The average molecular weight is 202 g/mol. The van der Waals surface area contributed by atoms with E-state index in [9.17, 15) is 4.79 Å². The molecule has 1 fully saturated rings. The van der Waals surface area contributed by atoms with E-state index in [-0.39, 0.29) is 18.6 Å². The van der Waals surface area contributed by atoms with Crippen LogP contribution in [0, 0.1) is 0 Å². The van der Waals surface area contributed by atoms with Crippen LogP contribution in [0.5, 0.6) is 0 Å². The third kappa shape index (κ3) is 3.61. The molecule has 82 valence electrons. The van der Waals surface area contributed by atoms with Crippen LogP contribution in [0.25, 0.3) is 0 Å². The van der Waals surface area contributed by atoms with Crippen LogP contribution in [0.4, 0.5) is 0 Å². The smallest absolute Gasteiger partial charge is 0.304 e. The lowest BCUT2D eigenvalue weighted by Gasteiger charge is -2.34. The summed E-state index contributed by atoms with van der Waals surface area (Å²) in [5.74, 6) is -0.756. The van der Waals surface area contributed by atoms with Crippen LogP contribution in [0.1, 0.15) is 13.3 Å². The number of ether oxygens (including phenoxy) is 1. The Morgan fingerprint density at radius 2 is 2.50 bits per heavy atom. The standard InChI is InChI=1S/C9H18N2O3/c1-7(10)8-6-11(4-5-14-8)3-2-9(12)13/h7-8H,2-6,10H2,1H3,(H,12,13). The zero-order chi connectivity index (χ0) is 10.6. The number of carboxylic acids is 1. The molecule has 0 aromatic rings. The summed E-state index contributed by atoms with van der Waals surface area (Å²) in [6.07, 6.45) is 0.226. The predicted molar refractivity (Wildman–Crippen MR) is 52.1 cm³/mol. The fourth-order valence-corrected chi connectivity index (χ4v) is 1.51. The van der Waals surface area contributed by atoms with Gasteiger partial charge in [0.25, 0.3) is 0 Å². The first-order valence-electron chi connectivity index (χ1n) is 4.91. The highest BCUT2D eigenvalue weighted by Gasteiger charge is 2.23. The number of hydrogen-bond acceptors (Lipinski definition) is 4. The van der Waals surface area contributed by atoms with Crippen LogP contribution in [-0.4, -0.2) is 54.4 Å². The lowest BCUT2D eigenvalue weighted by Crippen LogP contribution is -2.49. The van der Waals surface area contributed by atoms with Crippen molar-refractivity contribution < 1.29 is 14.6 Å². The second-order valence-electron chi connectivity index (χ2n) is 3.71. The van der Waals surface area contributed by atoms with Crippen molar-refractivity contribution in [3.63, 3.8) is 0 Å². The van der Waals surface area contributed by atoms with Crippen LogP contribution in [0.15, 0.2) is 0 Å². The molecule has 0 saturated carbocycles. The fourth-order valence-electron chi connectivity index (χ4n) is 1.51. The van der Waals surface area contributed by atoms with Crippen molar-refractivity contribution >= 4 is 5.97 Å². The highest BCUT2D eigenvalue weighted by Crippen LogP contribution is 2.07. The maximum Gasteiger partial charge on any atom is 0.304 e. The van der Waals surface area contributed by atoms with Gasteiger partial charge in [0.2, 0.25) is 0 Å². The Balaban J connectivity index is 2.29. The van der Waals surface area contributed by atoms with Gasteiger partial charge in [-0.05, 0) is 6.92 Å². The minimum Gasteiger partial charge on any atom is -0.481 e. The van der Waals surface area contributed by atoms with E-state index < -0.39 is 5.97 Å². The Morgan fingerprint density at radius 3 is 3.07 bits per heavy atom. The van der Waals surface area contributed by atoms with E-state index in [1.165, 1.54) is 0 Å². The molecular weight excluding hydrogens is 184 g/mol. The Labute approximate surface area is 83.8 Å². The molecule has 0 aliphatic carbocycles. The molecule has 1 aliphatic rings. The zero-order valence-electron chi connectivity index (χ0n) is 8.48. The van der Waals surface area contributed by atoms with E-state index in [1.807, 2.05) is 6.92 Å². The number of hydrogen-bond donors (Lipinski definition) is 2. The Kier molecular flexibility index (Phi) is 4.31. The van der Waals surface area contributed by atoms with Gasteiger partial charge in [-0.3, -0.25) is 9.69 Å². The third-order valence-electron chi connectivity index (χ3n) is 2.41. The first-order valence-corrected chi connectivity index (χ1v) is 4.91. The number of morpholine rings is 1. The van der Waals surface area contributed by atoms with Crippen LogP contribution in [0.2, 0.25) is 0 Å². The van der Waals surface area contributed by atoms with Gasteiger partial charge in [-0.1, -0.05) is 0 Å². The van der Waals surface area contributed by atoms with Crippen molar-refractivity contribution in [1.29, 1.82) is 0 Å². The summed E-state index contributed by atoms with van der Waals surface area (Å²) < 4.78 is 5.46. The van der Waals surface area contributed by atoms with E-state index in [4.69, 9.17) is 15.6 Å². The summed E-state index contributed by atoms with van der Waals surface area (Å²) in [5, 5.41) is 8.54. The lowest BCUT2D eigenvalue weighted by atomic mass is 10.1. The fraction of sp³-hybridized carbons (Fsp3) is 0.889. The highest BCUT2D eigenvalue weighted by molar-refractivity contribution is 5.66. The lowest BCUT2D eigenvalue weighted by molar-refractivity contribution is -0.137. The molecule has 3 N–H and O–H groups in total. The molecule has 0 radical (unpaired) electrons. The molecule has 5 nitrogen and oxygen atoms in total. The number of aliphatic carboxylic acids is 1. The number of nitrogens with two attached hydrogens (primary N) is 1. The number of carboxylic acid groups (broad SMARTS) is 1. The first-order chi connectivity index (χ1) is 6.59. The van der Waals surface area contributed by atoms with Gasteiger partial charge >= 0.3 is 5.97 Å². The summed E-state index contributed by atoms with van der Waals surface area (Å²) in [5.41, 5.74) is 5.72. The molecular formula is C9H18N2O3. The molecule has 0 bridgehead atoms. The van der Waals surface area contributed by atoms with Gasteiger partial charge in [0.15, 0.2) is 0 Å². The topological polar surface area (TPSA) is 75.8 Å². The minimum atomic E-state index is -0.756. The Hall–Kier alpha value is -0.650. The van der Waals surface area contributed by atoms with Crippen molar-refractivity contribution in [2.45, 2.75) is 25.5 Å². The molecule has 0 aromatic heterocycles. The Morgan fingerprint density at radius 1 is 1.79 bits per heavy atom. The zero-order valence-corrected chi connectivity index (χ0v) is 8.48. The molecule has 1 saturated heterocycles. The van der Waals surface area contributed by atoms with Crippen LogP contribution in [-0.2, 0) is 9.53 Å². The first kappa shape index (κ1) is 11.4. The maximum atomic E-state index is 10.4. The largest absolute Gasteiger partial charge is 0.481 e. The molecule has 14 heavy (non-hydrogen) atoms. The molecule has 1 heterocycles. The van der Waals surface area contributed by atoms with Crippen LogP contribution >= 0.6 is 0 Å². The van der Waals surface area contributed by atoms with Gasteiger partial charge in [-0.25, -0.2) is 0 Å². The van der Waals surface area contributed by atoms with Crippen molar-refractivity contribution in [3.8, 4) is 0 Å².